The van der Waals surface area contributed by atoms with Crippen molar-refractivity contribution < 1.29 is 14.3 Å². The smallest absolute Gasteiger partial charge is 0.305 e. The van der Waals surface area contributed by atoms with Crippen molar-refractivity contribution in [2.75, 3.05) is 27.3 Å². The van der Waals surface area contributed by atoms with E-state index in [0.717, 1.165) is 37.2 Å². The van der Waals surface area contributed by atoms with E-state index in [0.29, 0.717) is 6.42 Å². The lowest BCUT2D eigenvalue weighted by Gasteiger charge is -2.08. The molecule has 1 aromatic rings. The number of hydrogen-bond acceptors (Lipinski definition) is 4. The zero-order chi connectivity index (χ0) is 14.1. The summed E-state index contributed by atoms with van der Waals surface area (Å²) in [7, 11) is 3.10. The summed E-state index contributed by atoms with van der Waals surface area (Å²) in [5, 5.41) is 3.32. The molecule has 0 heterocycles. The van der Waals surface area contributed by atoms with Gasteiger partial charge in [-0.05, 0) is 50.0 Å². The first kappa shape index (κ1) is 15.5. The zero-order valence-corrected chi connectivity index (χ0v) is 12.0. The zero-order valence-electron chi connectivity index (χ0n) is 12.0. The maximum absolute atomic E-state index is 10.9. The van der Waals surface area contributed by atoms with Crippen LogP contribution in [-0.2, 0) is 16.0 Å². The molecule has 1 N–H and O–H groups in total. The molecule has 0 saturated carbocycles. The highest BCUT2D eigenvalue weighted by Gasteiger charge is 2.01. The van der Waals surface area contributed by atoms with Gasteiger partial charge in [0.2, 0.25) is 0 Å². The van der Waals surface area contributed by atoms with Gasteiger partial charge < -0.3 is 14.8 Å². The number of aryl methyl sites for hydroxylation is 1. The van der Waals surface area contributed by atoms with E-state index in [4.69, 9.17) is 4.74 Å². The summed E-state index contributed by atoms with van der Waals surface area (Å²) in [6, 6.07) is 6.23. The fraction of sp³-hybridized carbons (Fsp3) is 0.533. The Balaban J connectivity index is 2.19. The second-order valence-electron chi connectivity index (χ2n) is 4.48. The molecule has 0 fully saturated rings. The summed E-state index contributed by atoms with van der Waals surface area (Å²) < 4.78 is 9.81. The summed E-state index contributed by atoms with van der Waals surface area (Å²) in [6.07, 6.45) is 2.27. The topological polar surface area (TPSA) is 47.6 Å². The van der Waals surface area contributed by atoms with E-state index >= 15 is 0 Å². The van der Waals surface area contributed by atoms with Crippen molar-refractivity contribution in [2.24, 2.45) is 0 Å². The highest BCUT2D eigenvalue weighted by molar-refractivity contribution is 5.69. The van der Waals surface area contributed by atoms with Gasteiger partial charge in [-0.15, -0.1) is 0 Å². The number of rotatable bonds is 8. The van der Waals surface area contributed by atoms with Crippen molar-refractivity contribution in [3.05, 3.63) is 29.3 Å². The Labute approximate surface area is 115 Å². The van der Waals surface area contributed by atoms with Crippen molar-refractivity contribution in [3.8, 4) is 5.75 Å². The number of carbonyl (C=O) groups excluding carboxylic acids is 1. The minimum Gasteiger partial charge on any atom is -0.496 e. The summed E-state index contributed by atoms with van der Waals surface area (Å²) in [5.74, 6) is 0.780. The molecular weight excluding hydrogens is 242 g/mol. The summed E-state index contributed by atoms with van der Waals surface area (Å²) >= 11 is 0. The van der Waals surface area contributed by atoms with Crippen LogP contribution in [0.5, 0.6) is 5.75 Å². The minimum atomic E-state index is -0.146. The van der Waals surface area contributed by atoms with Crippen molar-refractivity contribution >= 4 is 5.97 Å². The molecule has 0 amide bonds. The van der Waals surface area contributed by atoms with E-state index in [1.165, 1.54) is 12.7 Å². The first-order valence-electron chi connectivity index (χ1n) is 6.58. The lowest BCUT2D eigenvalue weighted by Crippen LogP contribution is -2.19. The van der Waals surface area contributed by atoms with Gasteiger partial charge in [0.25, 0.3) is 0 Å². The third kappa shape index (κ3) is 5.75. The second kappa shape index (κ2) is 8.53. The van der Waals surface area contributed by atoms with Crippen LogP contribution in [0.25, 0.3) is 0 Å². The number of nitrogens with one attached hydrogen (secondary N) is 1. The summed E-state index contributed by atoms with van der Waals surface area (Å²) in [6.45, 7) is 3.79. The number of benzene rings is 1. The van der Waals surface area contributed by atoms with Crippen LogP contribution in [0.2, 0.25) is 0 Å². The largest absolute Gasteiger partial charge is 0.496 e. The standard InChI is InChI=1S/C15H23NO3/c1-12-11-13(6-7-14(12)18-2)8-10-16-9-4-5-15(17)19-3/h6-7,11,16H,4-5,8-10H2,1-3H3. The predicted molar refractivity (Wildman–Crippen MR) is 75.6 cm³/mol. The Hall–Kier alpha value is -1.55. The molecule has 0 aromatic heterocycles. The molecule has 0 radical (unpaired) electrons. The SMILES string of the molecule is COC(=O)CCCNCCc1ccc(OC)c(C)c1. The van der Waals surface area contributed by atoms with Crippen LogP contribution in [0.1, 0.15) is 24.0 Å². The van der Waals surface area contributed by atoms with Crippen molar-refractivity contribution in [2.45, 2.75) is 26.2 Å². The van der Waals surface area contributed by atoms with E-state index < -0.39 is 0 Å². The highest BCUT2D eigenvalue weighted by atomic mass is 16.5. The van der Waals surface area contributed by atoms with Crippen LogP contribution < -0.4 is 10.1 Å². The molecule has 0 aliphatic heterocycles. The minimum absolute atomic E-state index is 0.146. The highest BCUT2D eigenvalue weighted by Crippen LogP contribution is 2.18. The Morgan fingerprint density at radius 2 is 2.05 bits per heavy atom. The van der Waals surface area contributed by atoms with Gasteiger partial charge in [0.05, 0.1) is 14.2 Å². The van der Waals surface area contributed by atoms with Gasteiger partial charge >= 0.3 is 5.97 Å². The molecule has 0 spiro atoms. The Kier molecular flexibility index (Phi) is 6.97. The van der Waals surface area contributed by atoms with Crippen LogP contribution in [0.3, 0.4) is 0 Å². The van der Waals surface area contributed by atoms with E-state index in [-0.39, 0.29) is 5.97 Å². The van der Waals surface area contributed by atoms with Gasteiger partial charge in [0.15, 0.2) is 0 Å². The quantitative estimate of drug-likeness (QED) is 0.577. The molecule has 1 aromatic carbocycles. The van der Waals surface area contributed by atoms with Crippen molar-refractivity contribution in [1.82, 2.24) is 5.32 Å². The molecule has 106 valence electrons. The number of carbonyl (C=O) groups is 1. The first-order chi connectivity index (χ1) is 9.17. The molecule has 0 unspecified atom stereocenters. The fourth-order valence-electron chi connectivity index (χ4n) is 1.91. The van der Waals surface area contributed by atoms with Crippen LogP contribution in [0, 0.1) is 6.92 Å². The van der Waals surface area contributed by atoms with Crippen LogP contribution in [0.15, 0.2) is 18.2 Å². The monoisotopic (exact) mass is 265 g/mol. The predicted octanol–water partition coefficient (Wildman–Crippen LogP) is 2.09. The molecule has 0 atom stereocenters. The third-order valence-electron chi connectivity index (χ3n) is 3.01. The van der Waals surface area contributed by atoms with Crippen LogP contribution >= 0.6 is 0 Å². The maximum atomic E-state index is 10.9. The van der Waals surface area contributed by atoms with E-state index in [1.807, 2.05) is 13.0 Å². The van der Waals surface area contributed by atoms with Crippen molar-refractivity contribution in [3.63, 3.8) is 0 Å². The van der Waals surface area contributed by atoms with Crippen LogP contribution in [0.4, 0.5) is 0 Å². The molecule has 4 nitrogen and oxygen atoms in total. The van der Waals surface area contributed by atoms with Gasteiger partial charge in [-0.2, -0.15) is 0 Å². The Morgan fingerprint density at radius 1 is 1.26 bits per heavy atom. The van der Waals surface area contributed by atoms with Gasteiger partial charge in [-0.1, -0.05) is 12.1 Å². The average molecular weight is 265 g/mol. The Morgan fingerprint density at radius 3 is 2.68 bits per heavy atom. The lowest BCUT2D eigenvalue weighted by molar-refractivity contribution is -0.140. The van der Waals surface area contributed by atoms with Crippen LogP contribution in [-0.4, -0.2) is 33.3 Å². The van der Waals surface area contributed by atoms with Gasteiger partial charge in [-0.3, -0.25) is 4.79 Å². The molecule has 0 saturated heterocycles. The van der Waals surface area contributed by atoms with E-state index in [2.05, 4.69) is 22.2 Å². The Bertz CT molecular complexity index is 404. The summed E-state index contributed by atoms with van der Waals surface area (Å²) in [4.78, 5) is 10.9. The maximum Gasteiger partial charge on any atom is 0.305 e. The first-order valence-corrected chi connectivity index (χ1v) is 6.58. The molecule has 0 aliphatic rings. The molecule has 0 aliphatic carbocycles. The summed E-state index contributed by atoms with van der Waals surface area (Å²) in [5.41, 5.74) is 2.45. The molecule has 19 heavy (non-hydrogen) atoms. The normalized spacial score (nSPS) is 10.3. The number of esters is 1. The van der Waals surface area contributed by atoms with Gasteiger partial charge in [0.1, 0.15) is 5.75 Å². The number of methoxy groups -OCH3 is 2. The lowest BCUT2D eigenvalue weighted by atomic mass is 10.1. The third-order valence-corrected chi connectivity index (χ3v) is 3.01. The molecule has 4 heteroatoms. The molecule has 0 bridgehead atoms. The average Bonchev–Trinajstić information content (AvgIpc) is 2.42. The van der Waals surface area contributed by atoms with Crippen molar-refractivity contribution in [1.29, 1.82) is 0 Å². The number of ether oxygens (including phenoxy) is 2. The number of hydrogen-bond donors (Lipinski definition) is 1. The second-order valence-corrected chi connectivity index (χ2v) is 4.48. The van der Waals surface area contributed by atoms with Gasteiger partial charge in [-0.25, -0.2) is 0 Å². The van der Waals surface area contributed by atoms with Gasteiger partial charge in [0, 0.05) is 6.42 Å². The molecular formula is C15H23NO3. The van der Waals surface area contributed by atoms with E-state index in [9.17, 15) is 4.79 Å². The fourth-order valence-corrected chi connectivity index (χ4v) is 1.91. The molecule has 1 rings (SSSR count). The van der Waals surface area contributed by atoms with E-state index in [1.54, 1.807) is 7.11 Å².